The highest BCUT2D eigenvalue weighted by Crippen LogP contribution is 2.39. The van der Waals surface area contributed by atoms with Gasteiger partial charge in [0.25, 0.3) is 0 Å². The molecule has 0 fully saturated rings. The Hall–Kier alpha value is -0.920. The monoisotopic (exact) mass is 337 g/mol. The Morgan fingerprint density at radius 2 is 2.06 bits per heavy atom. The quantitative estimate of drug-likeness (QED) is 0.898. The molecule has 0 saturated carbocycles. The average Bonchev–Trinajstić information content (AvgIpc) is 2.73. The molecular formula is C11H7BrF3NOS. The van der Waals surface area contributed by atoms with Crippen molar-refractivity contribution in [2.45, 2.75) is 12.3 Å². The van der Waals surface area contributed by atoms with E-state index in [1.54, 1.807) is 11.4 Å². The van der Waals surface area contributed by atoms with E-state index in [-0.39, 0.29) is 5.56 Å². The second-order valence-corrected chi connectivity index (χ2v) is 5.30. The number of hydrogen-bond acceptors (Lipinski definition) is 3. The molecule has 2 aromatic heterocycles. The van der Waals surface area contributed by atoms with Crippen molar-refractivity contribution >= 4 is 27.3 Å². The van der Waals surface area contributed by atoms with E-state index in [0.717, 1.165) is 18.5 Å². The van der Waals surface area contributed by atoms with Gasteiger partial charge in [0.1, 0.15) is 6.10 Å². The van der Waals surface area contributed by atoms with Crippen LogP contribution in [0.5, 0.6) is 0 Å². The van der Waals surface area contributed by atoms with Crippen LogP contribution in [0.25, 0.3) is 0 Å². The molecule has 1 N–H and O–H groups in total. The van der Waals surface area contributed by atoms with Crippen LogP contribution in [0.4, 0.5) is 13.2 Å². The molecule has 0 bridgehead atoms. The van der Waals surface area contributed by atoms with Crippen molar-refractivity contribution in [1.82, 2.24) is 4.98 Å². The number of aliphatic hydroxyl groups excluding tert-OH is 1. The van der Waals surface area contributed by atoms with Crippen molar-refractivity contribution in [1.29, 1.82) is 0 Å². The standard InChI is InChI=1S/C11H7BrF3NOS/c12-8-2-4-18-10(8)9(17)6-5-16-3-1-7(6)11(13,14)15/h1-5,9,17H. The van der Waals surface area contributed by atoms with E-state index >= 15 is 0 Å². The topological polar surface area (TPSA) is 33.1 Å². The fourth-order valence-corrected chi connectivity index (χ4v) is 3.12. The van der Waals surface area contributed by atoms with Crippen molar-refractivity contribution in [2.75, 3.05) is 0 Å². The summed E-state index contributed by atoms with van der Waals surface area (Å²) in [7, 11) is 0. The molecular weight excluding hydrogens is 331 g/mol. The predicted octanol–water partition coefficient (Wildman–Crippen LogP) is 4.01. The van der Waals surface area contributed by atoms with Crippen molar-refractivity contribution in [3.05, 3.63) is 50.4 Å². The highest BCUT2D eigenvalue weighted by atomic mass is 79.9. The zero-order chi connectivity index (χ0) is 13.3. The summed E-state index contributed by atoms with van der Waals surface area (Å²) in [5.74, 6) is 0. The molecule has 0 saturated heterocycles. The number of hydrogen-bond donors (Lipinski definition) is 1. The van der Waals surface area contributed by atoms with Gasteiger partial charge in [-0.25, -0.2) is 0 Å². The van der Waals surface area contributed by atoms with Crippen LogP contribution in [0.15, 0.2) is 34.4 Å². The summed E-state index contributed by atoms with van der Waals surface area (Å²) >= 11 is 4.37. The number of halogens is 4. The van der Waals surface area contributed by atoms with Gasteiger partial charge in [-0.1, -0.05) is 0 Å². The fourth-order valence-electron chi connectivity index (χ4n) is 1.52. The maximum atomic E-state index is 12.8. The van der Waals surface area contributed by atoms with Gasteiger partial charge < -0.3 is 5.11 Å². The van der Waals surface area contributed by atoms with E-state index in [1.165, 1.54) is 11.3 Å². The molecule has 96 valence electrons. The number of alkyl halides is 3. The van der Waals surface area contributed by atoms with Gasteiger partial charge in [0.2, 0.25) is 0 Å². The summed E-state index contributed by atoms with van der Waals surface area (Å²) in [5, 5.41) is 11.7. The lowest BCUT2D eigenvalue weighted by atomic mass is 10.0. The van der Waals surface area contributed by atoms with Gasteiger partial charge in [-0.05, 0) is 33.4 Å². The Kier molecular flexibility index (Phi) is 3.74. The molecule has 0 aliphatic carbocycles. The molecule has 0 aliphatic heterocycles. The third-order valence-electron chi connectivity index (χ3n) is 2.34. The molecule has 2 aromatic rings. The maximum Gasteiger partial charge on any atom is 0.416 e. The molecule has 2 nitrogen and oxygen atoms in total. The lowest BCUT2D eigenvalue weighted by Crippen LogP contribution is -2.12. The highest BCUT2D eigenvalue weighted by Gasteiger charge is 2.35. The van der Waals surface area contributed by atoms with Crippen LogP contribution in [-0.2, 0) is 6.18 Å². The number of aromatic nitrogens is 1. The Morgan fingerprint density at radius 3 is 2.61 bits per heavy atom. The van der Waals surface area contributed by atoms with E-state index in [0.29, 0.717) is 9.35 Å². The first kappa shape index (κ1) is 13.5. The molecule has 0 spiro atoms. The number of aliphatic hydroxyl groups is 1. The second-order valence-electron chi connectivity index (χ2n) is 3.50. The molecule has 0 aromatic carbocycles. The van der Waals surface area contributed by atoms with Gasteiger partial charge in [-0.2, -0.15) is 13.2 Å². The van der Waals surface area contributed by atoms with Crippen molar-refractivity contribution < 1.29 is 18.3 Å². The largest absolute Gasteiger partial charge is 0.416 e. The third kappa shape index (κ3) is 2.57. The van der Waals surface area contributed by atoms with Crippen LogP contribution < -0.4 is 0 Å². The van der Waals surface area contributed by atoms with E-state index in [4.69, 9.17) is 0 Å². The average molecular weight is 338 g/mol. The number of thiophene rings is 1. The Labute approximate surface area is 113 Å². The molecule has 2 rings (SSSR count). The molecule has 0 aliphatic rings. The van der Waals surface area contributed by atoms with Gasteiger partial charge in [-0.3, -0.25) is 4.98 Å². The molecule has 18 heavy (non-hydrogen) atoms. The van der Waals surface area contributed by atoms with E-state index in [1.807, 2.05) is 0 Å². The minimum absolute atomic E-state index is 0.242. The Bertz CT molecular complexity index is 555. The molecule has 1 atom stereocenters. The first-order chi connectivity index (χ1) is 8.41. The van der Waals surface area contributed by atoms with E-state index < -0.39 is 17.8 Å². The molecule has 2 heterocycles. The molecule has 7 heteroatoms. The van der Waals surface area contributed by atoms with Crippen molar-refractivity contribution in [2.24, 2.45) is 0 Å². The van der Waals surface area contributed by atoms with Gasteiger partial charge in [0.05, 0.1) is 10.4 Å². The van der Waals surface area contributed by atoms with Gasteiger partial charge >= 0.3 is 6.18 Å². The summed E-state index contributed by atoms with van der Waals surface area (Å²) in [4.78, 5) is 4.07. The first-order valence-corrected chi connectivity index (χ1v) is 6.50. The van der Waals surface area contributed by atoms with Gasteiger partial charge in [0, 0.05) is 22.4 Å². The second kappa shape index (κ2) is 4.99. The summed E-state index contributed by atoms with van der Waals surface area (Å²) in [6.45, 7) is 0. The van der Waals surface area contributed by atoms with Gasteiger partial charge in [-0.15, -0.1) is 11.3 Å². The van der Waals surface area contributed by atoms with Crippen LogP contribution in [0.2, 0.25) is 0 Å². The summed E-state index contributed by atoms with van der Waals surface area (Å²) in [6.07, 6.45) is -3.75. The van der Waals surface area contributed by atoms with Crippen LogP contribution in [0.1, 0.15) is 22.1 Å². The van der Waals surface area contributed by atoms with Crippen LogP contribution >= 0.6 is 27.3 Å². The first-order valence-electron chi connectivity index (χ1n) is 4.83. The Balaban J connectivity index is 2.49. The van der Waals surface area contributed by atoms with Crippen LogP contribution in [0.3, 0.4) is 0 Å². The lowest BCUT2D eigenvalue weighted by molar-refractivity contribution is -0.139. The molecule has 1 unspecified atom stereocenters. The van der Waals surface area contributed by atoms with E-state index in [9.17, 15) is 18.3 Å². The zero-order valence-corrected chi connectivity index (χ0v) is 11.2. The number of rotatable bonds is 2. The van der Waals surface area contributed by atoms with E-state index in [2.05, 4.69) is 20.9 Å². The SMILES string of the molecule is OC(c1cnccc1C(F)(F)F)c1sccc1Br. The van der Waals surface area contributed by atoms with Crippen LogP contribution in [0, 0.1) is 0 Å². The summed E-state index contributed by atoms with van der Waals surface area (Å²) in [6, 6.07) is 2.53. The summed E-state index contributed by atoms with van der Waals surface area (Å²) < 4.78 is 39.0. The minimum atomic E-state index is -4.51. The maximum absolute atomic E-state index is 12.8. The third-order valence-corrected chi connectivity index (χ3v) is 4.27. The normalized spacial score (nSPS) is 13.6. The zero-order valence-electron chi connectivity index (χ0n) is 8.78. The van der Waals surface area contributed by atoms with Crippen LogP contribution in [-0.4, -0.2) is 10.1 Å². The summed E-state index contributed by atoms with van der Waals surface area (Å²) in [5.41, 5.74) is -1.11. The minimum Gasteiger partial charge on any atom is -0.383 e. The molecule has 0 amide bonds. The fraction of sp³-hybridized carbons (Fsp3) is 0.182. The predicted molar refractivity (Wildman–Crippen MR) is 65.3 cm³/mol. The molecule has 0 radical (unpaired) electrons. The lowest BCUT2D eigenvalue weighted by Gasteiger charge is -2.16. The van der Waals surface area contributed by atoms with Gasteiger partial charge in [0.15, 0.2) is 0 Å². The smallest absolute Gasteiger partial charge is 0.383 e. The van der Waals surface area contributed by atoms with Crippen molar-refractivity contribution in [3.8, 4) is 0 Å². The number of pyridine rings is 1. The Morgan fingerprint density at radius 1 is 1.33 bits per heavy atom. The highest BCUT2D eigenvalue weighted by molar-refractivity contribution is 9.10. The van der Waals surface area contributed by atoms with Crippen molar-refractivity contribution in [3.63, 3.8) is 0 Å². The number of nitrogens with zero attached hydrogens (tertiary/aromatic N) is 1.